The van der Waals surface area contributed by atoms with Gasteiger partial charge in [-0.3, -0.25) is 4.79 Å². The third kappa shape index (κ3) is 2.10. The molecule has 0 bridgehead atoms. The molecule has 0 spiro atoms. The lowest BCUT2D eigenvalue weighted by atomic mass is 9.87. The first-order chi connectivity index (χ1) is 7.77. The summed E-state index contributed by atoms with van der Waals surface area (Å²) in [4.78, 5) is 13.1. The van der Waals surface area contributed by atoms with Crippen LogP contribution in [0.15, 0.2) is 17.5 Å². The smallest absolute Gasteiger partial charge is 0.240 e. The van der Waals surface area contributed by atoms with Crippen LogP contribution < -0.4 is 5.32 Å². The molecule has 0 radical (unpaired) electrons. The summed E-state index contributed by atoms with van der Waals surface area (Å²) < 4.78 is 0. The lowest BCUT2D eigenvalue weighted by Gasteiger charge is -2.18. The molecule has 4 heteroatoms. The van der Waals surface area contributed by atoms with Crippen molar-refractivity contribution in [2.45, 2.75) is 32.2 Å². The molecule has 1 aliphatic carbocycles. The zero-order valence-electron chi connectivity index (χ0n) is 9.03. The van der Waals surface area contributed by atoms with Gasteiger partial charge in [-0.15, -0.1) is 11.3 Å². The first-order valence-electron chi connectivity index (χ1n) is 5.49. The second kappa shape index (κ2) is 4.67. The van der Waals surface area contributed by atoms with E-state index < -0.39 is 5.41 Å². The van der Waals surface area contributed by atoms with Crippen molar-refractivity contribution in [3.05, 3.63) is 22.4 Å². The molecule has 3 nitrogen and oxygen atoms in total. The summed E-state index contributed by atoms with van der Waals surface area (Å²) in [5, 5.41) is 14.0. The van der Waals surface area contributed by atoms with Crippen LogP contribution >= 0.6 is 11.3 Å². The molecule has 1 aliphatic rings. The van der Waals surface area contributed by atoms with Crippen LogP contribution in [0.4, 0.5) is 0 Å². The Balaban J connectivity index is 1.95. The molecule has 0 aromatic carbocycles. The van der Waals surface area contributed by atoms with Gasteiger partial charge < -0.3 is 5.32 Å². The molecule has 0 unspecified atom stereocenters. The summed E-state index contributed by atoms with van der Waals surface area (Å²) in [7, 11) is 0. The molecule has 84 valence electrons. The first kappa shape index (κ1) is 11.2. The van der Waals surface area contributed by atoms with Gasteiger partial charge in [0, 0.05) is 4.88 Å². The number of nitrogens with zero attached hydrogens (tertiary/aromatic N) is 1. The van der Waals surface area contributed by atoms with E-state index in [2.05, 4.69) is 11.4 Å². The minimum atomic E-state index is -0.753. The highest BCUT2D eigenvalue weighted by molar-refractivity contribution is 7.09. The zero-order chi connectivity index (χ0) is 11.4. The molecular formula is C12H14N2OS. The standard InChI is InChI=1S/C12H14N2OS/c13-9-12(5-1-2-6-12)11(15)14-8-10-4-3-7-16-10/h3-4,7H,1-2,5-6,8H2,(H,14,15). The van der Waals surface area contributed by atoms with E-state index in [1.54, 1.807) is 11.3 Å². The number of hydrogen-bond acceptors (Lipinski definition) is 3. The molecule has 1 saturated carbocycles. The Bertz CT molecular complexity index is 399. The van der Waals surface area contributed by atoms with E-state index in [-0.39, 0.29) is 5.91 Å². The van der Waals surface area contributed by atoms with Crippen LogP contribution in [-0.4, -0.2) is 5.91 Å². The van der Waals surface area contributed by atoms with Gasteiger partial charge in [-0.25, -0.2) is 0 Å². The lowest BCUT2D eigenvalue weighted by Crippen LogP contribution is -2.37. The van der Waals surface area contributed by atoms with Gasteiger partial charge in [0.25, 0.3) is 0 Å². The maximum absolute atomic E-state index is 12.0. The van der Waals surface area contributed by atoms with Crippen LogP contribution in [0.5, 0.6) is 0 Å². The van der Waals surface area contributed by atoms with Crippen molar-refractivity contribution < 1.29 is 4.79 Å². The van der Waals surface area contributed by atoms with E-state index in [4.69, 9.17) is 5.26 Å². The molecular weight excluding hydrogens is 220 g/mol. The van der Waals surface area contributed by atoms with Crippen molar-refractivity contribution in [3.8, 4) is 6.07 Å². The molecule has 1 aromatic rings. The Morgan fingerprint density at radius 1 is 1.56 bits per heavy atom. The highest BCUT2D eigenvalue weighted by Gasteiger charge is 2.41. The lowest BCUT2D eigenvalue weighted by molar-refractivity contribution is -0.128. The average molecular weight is 234 g/mol. The average Bonchev–Trinajstić information content (AvgIpc) is 2.97. The van der Waals surface area contributed by atoms with Crippen LogP contribution in [0.2, 0.25) is 0 Å². The normalized spacial score (nSPS) is 17.9. The molecule has 1 amide bonds. The molecule has 0 atom stereocenters. The van der Waals surface area contributed by atoms with E-state index in [1.165, 1.54) is 0 Å². The Kier molecular flexibility index (Phi) is 3.25. The third-order valence-electron chi connectivity index (χ3n) is 3.11. The first-order valence-corrected chi connectivity index (χ1v) is 6.37. The summed E-state index contributed by atoms with van der Waals surface area (Å²) in [6.07, 6.45) is 3.39. The van der Waals surface area contributed by atoms with Crippen LogP contribution in [0, 0.1) is 16.7 Å². The maximum atomic E-state index is 12.0. The fraction of sp³-hybridized carbons (Fsp3) is 0.500. The SMILES string of the molecule is N#CC1(C(=O)NCc2cccs2)CCCC1. The monoisotopic (exact) mass is 234 g/mol. The summed E-state index contributed by atoms with van der Waals surface area (Å²) in [6.45, 7) is 0.542. The van der Waals surface area contributed by atoms with Crippen molar-refractivity contribution in [1.82, 2.24) is 5.32 Å². The number of thiophene rings is 1. The summed E-state index contributed by atoms with van der Waals surface area (Å²) in [5.41, 5.74) is -0.753. The van der Waals surface area contributed by atoms with Crippen LogP contribution in [0.3, 0.4) is 0 Å². The van der Waals surface area contributed by atoms with Crippen LogP contribution in [0.25, 0.3) is 0 Å². The minimum Gasteiger partial charge on any atom is -0.350 e. The number of hydrogen-bond donors (Lipinski definition) is 1. The number of carbonyl (C=O) groups is 1. The van der Waals surface area contributed by atoms with Crippen molar-refractivity contribution in [3.63, 3.8) is 0 Å². The fourth-order valence-corrected chi connectivity index (χ4v) is 2.76. The van der Waals surface area contributed by atoms with Gasteiger partial charge >= 0.3 is 0 Å². The molecule has 1 heterocycles. The topological polar surface area (TPSA) is 52.9 Å². The molecule has 1 fully saturated rings. The largest absolute Gasteiger partial charge is 0.350 e. The summed E-state index contributed by atoms with van der Waals surface area (Å²) >= 11 is 1.62. The van der Waals surface area contributed by atoms with Gasteiger partial charge in [-0.1, -0.05) is 18.9 Å². The minimum absolute atomic E-state index is 0.0964. The number of nitriles is 1. The quantitative estimate of drug-likeness (QED) is 0.873. The Morgan fingerprint density at radius 3 is 2.88 bits per heavy atom. The number of rotatable bonds is 3. The highest BCUT2D eigenvalue weighted by atomic mass is 32.1. The van der Waals surface area contributed by atoms with E-state index in [0.29, 0.717) is 19.4 Å². The van der Waals surface area contributed by atoms with Gasteiger partial charge in [0.15, 0.2) is 0 Å². The Hall–Kier alpha value is -1.34. The Morgan fingerprint density at radius 2 is 2.31 bits per heavy atom. The second-order valence-electron chi connectivity index (χ2n) is 4.16. The molecule has 2 rings (SSSR count). The van der Waals surface area contributed by atoms with Gasteiger partial charge in [0.2, 0.25) is 5.91 Å². The van der Waals surface area contributed by atoms with E-state index in [9.17, 15) is 4.79 Å². The van der Waals surface area contributed by atoms with E-state index in [1.807, 2.05) is 17.5 Å². The van der Waals surface area contributed by atoms with Crippen molar-refractivity contribution in [2.24, 2.45) is 5.41 Å². The molecule has 0 saturated heterocycles. The predicted octanol–water partition coefficient (Wildman–Crippen LogP) is 2.45. The van der Waals surface area contributed by atoms with Crippen molar-refractivity contribution in [2.75, 3.05) is 0 Å². The fourth-order valence-electron chi connectivity index (χ4n) is 2.12. The summed E-state index contributed by atoms with van der Waals surface area (Å²) in [5.74, 6) is -0.0964. The van der Waals surface area contributed by atoms with Crippen LogP contribution in [-0.2, 0) is 11.3 Å². The molecule has 1 aromatic heterocycles. The maximum Gasteiger partial charge on any atom is 0.240 e. The van der Waals surface area contributed by atoms with Crippen molar-refractivity contribution >= 4 is 17.2 Å². The molecule has 0 aliphatic heterocycles. The van der Waals surface area contributed by atoms with E-state index in [0.717, 1.165) is 17.7 Å². The molecule has 1 N–H and O–H groups in total. The van der Waals surface area contributed by atoms with Gasteiger partial charge in [-0.2, -0.15) is 5.26 Å². The second-order valence-corrected chi connectivity index (χ2v) is 5.20. The van der Waals surface area contributed by atoms with E-state index >= 15 is 0 Å². The van der Waals surface area contributed by atoms with Crippen LogP contribution in [0.1, 0.15) is 30.6 Å². The zero-order valence-corrected chi connectivity index (χ0v) is 9.85. The van der Waals surface area contributed by atoms with Gasteiger partial charge in [-0.05, 0) is 24.3 Å². The van der Waals surface area contributed by atoms with Gasteiger partial charge in [0.1, 0.15) is 5.41 Å². The highest BCUT2D eigenvalue weighted by Crippen LogP contribution is 2.37. The molecule has 16 heavy (non-hydrogen) atoms. The Labute approximate surface area is 99.1 Å². The predicted molar refractivity (Wildman–Crippen MR) is 62.7 cm³/mol. The number of nitrogens with one attached hydrogen (secondary N) is 1. The van der Waals surface area contributed by atoms with Gasteiger partial charge in [0.05, 0.1) is 12.6 Å². The third-order valence-corrected chi connectivity index (χ3v) is 3.99. The number of carbonyl (C=O) groups excluding carboxylic acids is 1. The summed E-state index contributed by atoms with van der Waals surface area (Å²) in [6, 6.07) is 6.14. The van der Waals surface area contributed by atoms with Crippen molar-refractivity contribution in [1.29, 1.82) is 5.26 Å². The number of amides is 1.